The molecule has 7 heteroatoms. The van der Waals surface area contributed by atoms with Crippen molar-refractivity contribution in [1.29, 1.82) is 0 Å². The average Bonchev–Trinajstić information content (AvgIpc) is 2.70. The van der Waals surface area contributed by atoms with Crippen LogP contribution in [0.4, 0.5) is 5.82 Å². The second-order valence-corrected chi connectivity index (χ2v) is 4.01. The molecule has 2 rings (SSSR count). The molecule has 6 nitrogen and oxygen atoms in total. The number of rotatable bonds is 2. The molecule has 0 aliphatic carbocycles. The van der Waals surface area contributed by atoms with Crippen LogP contribution >= 0.6 is 11.6 Å². The maximum Gasteiger partial charge on any atom is 0.311 e. The predicted octanol–water partition coefficient (Wildman–Crippen LogP) is 0.656. The molecule has 17 heavy (non-hydrogen) atoms. The van der Waals surface area contributed by atoms with Gasteiger partial charge in [0.25, 0.3) is 0 Å². The zero-order valence-electron chi connectivity index (χ0n) is 9.09. The molecule has 1 atom stereocenters. The summed E-state index contributed by atoms with van der Waals surface area (Å²) in [6.07, 6.45) is 1.41. The summed E-state index contributed by atoms with van der Waals surface area (Å²) in [5.74, 6) is -0.598. The Morgan fingerprint density at radius 2 is 2.35 bits per heavy atom. The van der Waals surface area contributed by atoms with Gasteiger partial charge in [-0.15, -0.1) is 0 Å². The normalized spacial score (nSPS) is 19.5. The summed E-state index contributed by atoms with van der Waals surface area (Å²) in [5, 5.41) is 0.254. The molecule has 1 saturated heterocycles. The summed E-state index contributed by atoms with van der Waals surface area (Å²) < 4.78 is 4.61. The SMILES string of the molecule is COC(=O)C1CC(=O)N(c2cc(Cl)ncn2)C1. The summed E-state index contributed by atoms with van der Waals surface area (Å²) in [7, 11) is 1.30. The highest BCUT2D eigenvalue weighted by molar-refractivity contribution is 6.29. The molecule has 1 aliphatic rings. The van der Waals surface area contributed by atoms with Crippen LogP contribution in [0, 0.1) is 5.92 Å². The average molecular weight is 256 g/mol. The third kappa shape index (κ3) is 2.36. The number of nitrogens with zero attached hydrogens (tertiary/aromatic N) is 3. The first-order valence-electron chi connectivity index (χ1n) is 4.97. The van der Waals surface area contributed by atoms with E-state index in [-0.39, 0.29) is 30.0 Å². The van der Waals surface area contributed by atoms with Crippen LogP contribution in [0.3, 0.4) is 0 Å². The molecule has 1 aromatic rings. The highest BCUT2D eigenvalue weighted by Gasteiger charge is 2.36. The molecular weight excluding hydrogens is 246 g/mol. The van der Waals surface area contributed by atoms with E-state index in [2.05, 4.69) is 14.7 Å². The molecule has 0 N–H and O–H groups in total. The number of halogens is 1. The summed E-state index contributed by atoms with van der Waals surface area (Å²) >= 11 is 5.72. The third-order valence-corrected chi connectivity index (χ3v) is 2.76. The minimum absolute atomic E-state index is 0.133. The number of methoxy groups -OCH3 is 1. The van der Waals surface area contributed by atoms with Crippen molar-refractivity contribution < 1.29 is 14.3 Å². The van der Waals surface area contributed by atoms with Gasteiger partial charge in [0.2, 0.25) is 5.91 Å². The van der Waals surface area contributed by atoms with Crippen molar-refractivity contribution in [2.45, 2.75) is 6.42 Å². The van der Waals surface area contributed by atoms with Crippen molar-refractivity contribution in [2.24, 2.45) is 5.92 Å². The lowest BCUT2D eigenvalue weighted by Crippen LogP contribution is -2.27. The molecule has 0 spiro atoms. The molecule has 0 radical (unpaired) electrons. The summed E-state index contributed by atoms with van der Waals surface area (Å²) in [5.41, 5.74) is 0. The monoisotopic (exact) mass is 255 g/mol. The van der Waals surface area contributed by atoms with E-state index >= 15 is 0 Å². The molecule has 2 heterocycles. The number of amides is 1. The van der Waals surface area contributed by atoms with Gasteiger partial charge in [0.05, 0.1) is 13.0 Å². The zero-order valence-corrected chi connectivity index (χ0v) is 9.85. The molecule has 1 amide bonds. The van der Waals surface area contributed by atoms with Crippen molar-refractivity contribution in [1.82, 2.24) is 9.97 Å². The Balaban J connectivity index is 2.18. The molecule has 0 aromatic carbocycles. The Kier molecular flexibility index (Phi) is 3.23. The predicted molar refractivity (Wildman–Crippen MR) is 59.5 cm³/mol. The topological polar surface area (TPSA) is 72.4 Å². The van der Waals surface area contributed by atoms with Crippen molar-refractivity contribution in [3.63, 3.8) is 0 Å². The number of esters is 1. The number of carbonyl (C=O) groups is 2. The van der Waals surface area contributed by atoms with Crippen LogP contribution in [-0.2, 0) is 14.3 Å². The van der Waals surface area contributed by atoms with Gasteiger partial charge in [-0.3, -0.25) is 14.5 Å². The van der Waals surface area contributed by atoms with E-state index in [0.717, 1.165) is 0 Å². The summed E-state index contributed by atoms with van der Waals surface area (Å²) in [4.78, 5) is 32.2. The Morgan fingerprint density at radius 3 is 3.00 bits per heavy atom. The Morgan fingerprint density at radius 1 is 1.59 bits per heavy atom. The van der Waals surface area contributed by atoms with Crippen molar-refractivity contribution in [3.8, 4) is 0 Å². The van der Waals surface area contributed by atoms with Gasteiger partial charge in [-0.25, -0.2) is 9.97 Å². The number of anilines is 1. The first-order valence-corrected chi connectivity index (χ1v) is 5.35. The van der Waals surface area contributed by atoms with Crippen molar-refractivity contribution >= 4 is 29.3 Å². The van der Waals surface area contributed by atoms with Crippen LogP contribution in [0.5, 0.6) is 0 Å². The lowest BCUT2D eigenvalue weighted by Gasteiger charge is -2.14. The minimum atomic E-state index is -0.443. The van der Waals surface area contributed by atoms with Gasteiger partial charge in [0.1, 0.15) is 17.3 Å². The first kappa shape index (κ1) is 11.8. The van der Waals surface area contributed by atoms with Gasteiger partial charge < -0.3 is 4.74 Å². The van der Waals surface area contributed by atoms with Crippen LogP contribution in [-0.4, -0.2) is 35.5 Å². The number of ether oxygens (including phenoxy) is 1. The lowest BCUT2D eigenvalue weighted by atomic mass is 10.1. The molecule has 90 valence electrons. The van der Waals surface area contributed by atoms with Crippen molar-refractivity contribution in [2.75, 3.05) is 18.6 Å². The molecule has 0 bridgehead atoms. The van der Waals surface area contributed by atoms with Gasteiger partial charge in [0.15, 0.2) is 0 Å². The highest BCUT2D eigenvalue weighted by Crippen LogP contribution is 2.24. The maximum atomic E-state index is 11.7. The summed E-state index contributed by atoms with van der Waals surface area (Å²) in [6, 6.07) is 1.49. The van der Waals surface area contributed by atoms with Gasteiger partial charge in [-0.1, -0.05) is 11.6 Å². The fourth-order valence-corrected chi connectivity index (χ4v) is 1.87. The van der Waals surface area contributed by atoms with Gasteiger partial charge >= 0.3 is 5.97 Å². The van der Waals surface area contributed by atoms with Crippen LogP contribution in [0.2, 0.25) is 5.15 Å². The molecule has 1 aliphatic heterocycles. The molecule has 1 fully saturated rings. The zero-order chi connectivity index (χ0) is 12.4. The van der Waals surface area contributed by atoms with Crippen LogP contribution in [0.15, 0.2) is 12.4 Å². The molecular formula is C10H10ClN3O3. The number of carbonyl (C=O) groups excluding carboxylic acids is 2. The van der Waals surface area contributed by atoms with E-state index in [9.17, 15) is 9.59 Å². The van der Waals surface area contributed by atoms with E-state index < -0.39 is 5.92 Å². The molecule has 1 aromatic heterocycles. The first-order chi connectivity index (χ1) is 8.11. The van der Waals surface area contributed by atoms with Crippen LogP contribution in [0.1, 0.15) is 6.42 Å². The number of aromatic nitrogens is 2. The molecule has 1 unspecified atom stereocenters. The Hall–Kier alpha value is -1.69. The van der Waals surface area contributed by atoms with E-state index in [1.54, 1.807) is 0 Å². The second kappa shape index (κ2) is 4.67. The number of hydrogen-bond donors (Lipinski definition) is 0. The van der Waals surface area contributed by atoms with Gasteiger partial charge in [0, 0.05) is 19.0 Å². The maximum absolute atomic E-state index is 11.7. The van der Waals surface area contributed by atoms with Crippen molar-refractivity contribution in [3.05, 3.63) is 17.5 Å². The quantitative estimate of drug-likeness (QED) is 0.573. The molecule has 0 saturated carbocycles. The summed E-state index contributed by atoms with van der Waals surface area (Å²) in [6.45, 7) is 0.263. The van der Waals surface area contributed by atoms with Crippen LogP contribution in [0.25, 0.3) is 0 Å². The number of hydrogen-bond acceptors (Lipinski definition) is 5. The second-order valence-electron chi connectivity index (χ2n) is 3.63. The van der Waals surface area contributed by atoms with Crippen LogP contribution < -0.4 is 4.90 Å². The lowest BCUT2D eigenvalue weighted by molar-refractivity contribution is -0.145. The fourth-order valence-electron chi connectivity index (χ4n) is 1.73. The minimum Gasteiger partial charge on any atom is -0.469 e. The Bertz CT molecular complexity index is 466. The van der Waals surface area contributed by atoms with Gasteiger partial charge in [-0.05, 0) is 0 Å². The highest BCUT2D eigenvalue weighted by atomic mass is 35.5. The van der Waals surface area contributed by atoms with Gasteiger partial charge in [-0.2, -0.15) is 0 Å². The standard InChI is InChI=1S/C10H10ClN3O3/c1-17-10(16)6-2-9(15)14(4-6)8-3-7(11)12-5-13-8/h3,5-6H,2,4H2,1H3. The van der Waals surface area contributed by atoms with E-state index in [1.165, 1.54) is 24.4 Å². The van der Waals surface area contributed by atoms with E-state index in [1.807, 2.05) is 0 Å². The fraction of sp³-hybridized carbons (Fsp3) is 0.400. The third-order valence-electron chi connectivity index (χ3n) is 2.56. The Labute approximate surface area is 103 Å². The smallest absolute Gasteiger partial charge is 0.311 e. The van der Waals surface area contributed by atoms with E-state index in [0.29, 0.717) is 5.82 Å². The largest absolute Gasteiger partial charge is 0.469 e. The van der Waals surface area contributed by atoms with E-state index in [4.69, 9.17) is 11.6 Å².